The zero-order valence-corrected chi connectivity index (χ0v) is 9.91. The lowest BCUT2D eigenvalue weighted by molar-refractivity contribution is 0.183. The van der Waals surface area contributed by atoms with Crippen LogP contribution in [0.5, 0.6) is 0 Å². The lowest BCUT2D eigenvalue weighted by Gasteiger charge is -2.12. The standard InChI is InChI=1S/C12H17N3O/c1-4-10(16)7-14-12-11(6-13)8(2)5-9(3)15-12/h5,10,16H,4,7H2,1-3H3,(H,14,15). The van der Waals surface area contributed by atoms with Crippen molar-refractivity contribution in [3.63, 3.8) is 0 Å². The predicted octanol–water partition coefficient (Wildman–Crippen LogP) is 1.75. The molecule has 0 fully saturated rings. The van der Waals surface area contributed by atoms with E-state index in [0.29, 0.717) is 24.3 Å². The number of hydrogen-bond acceptors (Lipinski definition) is 4. The minimum Gasteiger partial charge on any atom is -0.391 e. The Hall–Kier alpha value is -1.60. The summed E-state index contributed by atoms with van der Waals surface area (Å²) in [5.74, 6) is 0.562. The van der Waals surface area contributed by atoms with Crippen molar-refractivity contribution >= 4 is 5.82 Å². The van der Waals surface area contributed by atoms with Crippen molar-refractivity contribution in [3.8, 4) is 6.07 Å². The molecule has 0 saturated heterocycles. The van der Waals surface area contributed by atoms with E-state index in [0.717, 1.165) is 11.3 Å². The predicted molar refractivity (Wildman–Crippen MR) is 63.2 cm³/mol. The van der Waals surface area contributed by atoms with Crippen LogP contribution in [0, 0.1) is 25.2 Å². The van der Waals surface area contributed by atoms with Gasteiger partial charge in [-0.25, -0.2) is 4.98 Å². The summed E-state index contributed by atoms with van der Waals surface area (Å²) in [6.45, 7) is 6.10. The van der Waals surface area contributed by atoms with Gasteiger partial charge in [-0.3, -0.25) is 0 Å². The number of aryl methyl sites for hydroxylation is 2. The third-order valence-corrected chi connectivity index (χ3v) is 2.43. The number of aliphatic hydroxyl groups excluding tert-OH is 1. The van der Waals surface area contributed by atoms with Crippen molar-refractivity contribution in [1.82, 2.24) is 4.98 Å². The van der Waals surface area contributed by atoms with Crippen molar-refractivity contribution in [2.45, 2.75) is 33.3 Å². The second-order valence-corrected chi connectivity index (χ2v) is 3.86. The number of nitrogens with zero attached hydrogens (tertiary/aromatic N) is 2. The fourth-order valence-corrected chi connectivity index (χ4v) is 1.46. The Morgan fingerprint density at radius 1 is 1.56 bits per heavy atom. The summed E-state index contributed by atoms with van der Waals surface area (Å²) < 4.78 is 0. The van der Waals surface area contributed by atoms with Gasteiger partial charge in [-0.05, 0) is 31.9 Å². The number of rotatable bonds is 4. The largest absolute Gasteiger partial charge is 0.391 e. The van der Waals surface area contributed by atoms with Crippen molar-refractivity contribution in [2.75, 3.05) is 11.9 Å². The Bertz CT molecular complexity index is 409. The summed E-state index contributed by atoms with van der Waals surface area (Å²) in [5, 5.41) is 21.5. The second-order valence-electron chi connectivity index (χ2n) is 3.86. The number of aromatic nitrogens is 1. The molecule has 4 nitrogen and oxygen atoms in total. The molecule has 0 aliphatic carbocycles. The number of hydrogen-bond donors (Lipinski definition) is 2. The van der Waals surface area contributed by atoms with E-state index in [2.05, 4.69) is 16.4 Å². The molecule has 2 N–H and O–H groups in total. The van der Waals surface area contributed by atoms with Gasteiger partial charge in [0.25, 0.3) is 0 Å². The molecule has 0 bridgehead atoms. The van der Waals surface area contributed by atoms with Gasteiger partial charge in [0.05, 0.1) is 11.7 Å². The van der Waals surface area contributed by atoms with Gasteiger partial charge < -0.3 is 10.4 Å². The first-order valence-corrected chi connectivity index (χ1v) is 5.38. The average Bonchev–Trinajstić information content (AvgIpc) is 2.25. The van der Waals surface area contributed by atoms with Crippen LogP contribution in [0.1, 0.15) is 30.2 Å². The maximum absolute atomic E-state index is 9.45. The van der Waals surface area contributed by atoms with Gasteiger partial charge in [0.2, 0.25) is 0 Å². The monoisotopic (exact) mass is 219 g/mol. The SMILES string of the molecule is CCC(O)CNc1nc(C)cc(C)c1C#N. The van der Waals surface area contributed by atoms with E-state index in [-0.39, 0.29) is 0 Å². The highest BCUT2D eigenvalue weighted by Gasteiger charge is 2.09. The zero-order chi connectivity index (χ0) is 12.1. The summed E-state index contributed by atoms with van der Waals surface area (Å²) in [5.41, 5.74) is 2.32. The molecule has 0 amide bonds. The number of aliphatic hydroxyl groups is 1. The van der Waals surface area contributed by atoms with E-state index in [9.17, 15) is 5.11 Å². The van der Waals surface area contributed by atoms with Crippen molar-refractivity contribution in [2.24, 2.45) is 0 Å². The molecule has 16 heavy (non-hydrogen) atoms. The highest BCUT2D eigenvalue weighted by molar-refractivity contribution is 5.56. The summed E-state index contributed by atoms with van der Waals surface area (Å²) in [4.78, 5) is 4.27. The van der Waals surface area contributed by atoms with Crippen LogP contribution in [-0.4, -0.2) is 22.7 Å². The molecule has 0 aliphatic heterocycles. The van der Waals surface area contributed by atoms with Crippen molar-refractivity contribution in [1.29, 1.82) is 5.26 Å². The minimum absolute atomic E-state index is 0.408. The Labute approximate surface area is 95.9 Å². The molecule has 4 heteroatoms. The summed E-state index contributed by atoms with van der Waals surface area (Å²) in [6.07, 6.45) is 0.272. The summed E-state index contributed by atoms with van der Waals surface area (Å²) >= 11 is 0. The molecular weight excluding hydrogens is 202 g/mol. The average molecular weight is 219 g/mol. The molecular formula is C12H17N3O. The quantitative estimate of drug-likeness (QED) is 0.809. The molecule has 1 unspecified atom stereocenters. The number of pyridine rings is 1. The van der Waals surface area contributed by atoms with E-state index < -0.39 is 6.10 Å². The molecule has 0 aliphatic rings. The van der Waals surface area contributed by atoms with Gasteiger partial charge in [0.15, 0.2) is 0 Å². The topological polar surface area (TPSA) is 68.9 Å². The lowest BCUT2D eigenvalue weighted by atomic mass is 10.1. The fraction of sp³-hybridized carbons (Fsp3) is 0.500. The first-order valence-electron chi connectivity index (χ1n) is 5.38. The van der Waals surface area contributed by atoms with Crippen LogP contribution in [0.3, 0.4) is 0 Å². The first kappa shape index (κ1) is 12.5. The van der Waals surface area contributed by atoms with Gasteiger partial charge in [0.1, 0.15) is 11.9 Å². The number of nitriles is 1. The van der Waals surface area contributed by atoms with E-state index in [4.69, 9.17) is 5.26 Å². The molecule has 0 aromatic carbocycles. The maximum Gasteiger partial charge on any atom is 0.144 e. The number of anilines is 1. The van der Waals surface area contributed by atoms with Crippen LogP contribution in [-0.2, 0) is 0 Å². The molecule has 1 aromatic heterocycles. The third-order valence-electron chi connectivity index (χ3n) is 2.43. The van der Waals surface area contributed by atoms with Gasteiger partial charge in [-0.2, -0.15) is 5.26 Å². The normalized spacial score (nSPS) is 11.9. The van der Waals surface area contributed by atoms with Crippen molar-refractivity contribution in [3.05, 3.63) is 22.9 Å². The van der Waals surface area contributed by atoms with E-state index in [1.165, 1.54) is 0 Å². The van der Waals surface area contributed by atoms with Gasteiger partial charge in [-0.1, -0.05) is 6.92 Å². The van der Waals surface area contributed by atoms with Crippen LogP contribution < -0.4 is 5.32 Å². The Morgan fingerprint density at radius 3 is 2.81 bits per heavy atom. The van der Waals surface area contributed by atoms with Crippen LogP contribution in [0.2, 0.25) is 0 Å². The van der Waals surface area contributed by atoms with Crippen LogP contribution in [0.25, 0.3) is 0 Å². The molecule has 1 rings (SSSR count). The molecule has 0 saturated carbocycles. The molecule has 1 heterocycles. The first-order chi connectivity index (χ1) is 7.58. The Balaban J connectivity index is 2.91. The highest BCUT2D eigenvalue weighted by atomic mass is 16.3. The fourth-order valence-electron chi connectivity index (χ4n) is 1.46. The van der Waals surface area contributed by atoms with Gasteiger partial charge in [-0.15, -0.1) is 0 Å². The summed E-state index contributed by atoms with van der Waals surface area (Å²) in [6, 6.07) is 4.00. The second kappa shape index (κ2) is 5.47. The summed E-state index contributed by atoms with van der Waals surface area (Å²) in [7, 11) is 0. The lowest BCUT2D eigenvalue weighted by Crippen LogP contribution is -2.19. The minimum atomic E-state index is -0.408. The Kier molecular flexibility index (Phi) is 4.27. The molecule has 0 spiro atoms. The van der Waals surface area contributed by atoms with Gasteiger partial charge >= 0.3 is 0 Å². The smallest absolute Gasteiger partial charge is 0.144 e. The molecule has 0 radical (unpaired) electrons. The Morgan fingerprint density at radius 2 is 2.25 bits per heavy atom. The van der Waals surface area contributed by atoms with Crippen LogP contribution in [0.4, 0.5) is 5.82 Å². The van der Waals surface area contributed by atoms with Gasteiger partial charge in [0, 0.05) is 12.2 Å². The van der Waals surface area contributed by atoms with E-state index in [1.807, 2.05) is 26.8 Å². The highest BCUT2D eigenvalue weighted by Crippen LogP contribution is 2.17. The zero-order valence-electron chi connectivity index (χ0n) is 9.91. The van der Waals surface area contributed by atoms with Crippen molar-refractivity contribution < 1.29 is 5.11 Å². The molecule has 1 atom stereocenters. The third kappa shape index (κ3) is 2.94. The van der Waals surface area contributed by atoms with E-state index in [1.54, 1.807) is 0 Å². The van der Waals surface area contributed by atoms with Crippen LogP contribution in [0.15, 0.2) is 6.07 Å². The van der Waals surface area contributed by atoms with E-state index >= 15 is 0 Å². The number of nitrogens with one attached hydrogen (secondary N) is 1. The molecule has 1 aromatic rings. The maximum atomic E-state index is 9.45. The molecule has 86 valence electrons. The van der Waals surface area contributed by atoms with Crippen LogP contribution >= 0.6 is 0 Å².